The lowest BCUT2D eigenvalue weighted by atomic mass is 10.1. The van der Waals surface area contributed by atoms with Crippen LogP contribution in [-0.4, -0.2) is 27.0 Å². The van der Waals surface area contributed by atoms with Crippen molar-refractivity contribution in [1.29, 1.82) is 0 Å². The number of carboxylic acids is 1. The minimum Gasteiger partial charge on any atom is -0.478 e. The Balaban J connectivity index is 2.32. The number of allylic oxidation sites excluding steroid dienone is 1. The van der Waals surface area contributed by atoms with Crippen molar-refractivity contribution < 1.29 is 9.90 Å². The fourth-order valence-corrected chi connectivity index (χ4v) is 1.78. The maximum absolute atomic E-state index is 10.7. The van der Waals surface area contributed by atoms with Gasteiger partial charge in [0.25, 0.3) is 0 Å². The van der Waals surface area contributed by atoms with Crippen LogP contribution in [0.4, 0.5) is 5.69 Å². The number of aliphatic carboxylic acids is 1. The molecule has 0 atom stereocenters. The van der Waals surface area contributed by atoms with Gasteiger partial charge in [-0.05, 0) is 6.08 Å². The summed E-state index contributed by atoms with van der Waals surface area (Å²) >= 11 is 11.7. The zero-order valence-electron chi connectivity index (χ0n) is 11.1. The first-order valence-electron chi connectivity index (χ1n) is 6.04. The predicted molar refractivity (Wildman–Crippen MR) is 85.4 cm³/mol. The van der Waals surface area contributed by atoms with E-state index >= 15 is 0 Å². The van der Waals surface area contributed by atoms with Crippen LogP contribution < -0.4 is 5.43 Å². The number of aromatic nitrogens is 2. The summed E-state index contributed by atoms with van der Waals surface area (Å²) in [6.07, 6.45) is 3.73. The van der Waals surface area contributed by atoms with Gasteiger partial charge in [0.15, 0.2) is 5.15 Å². The van der Waals surface area contributed by atoms with Crippen molar-refractivity contribution in [1.82, 2.24) is 10.2 Å². The first-order chi connectivity index (χ1) is 10.6. The SMILES string of the molecule is O=C(O)/C=C/C(=N/Nc1cnnc(Cl)c1Cl)c1ccccc1. The quantitative estimate of drug-likeness (QED) is 0.497. The summed E-state index contributed by atoms with van der Waals surface area (Å²) in [7, 11) is 0. The Morgan fingerprint density at radius 3 is 2.64 bits per heavy atom. The number of nitrogens with one attached hydrogen (secondary N) is 1. The maximum atomic E-state index is 10.7. The van der Waals surface area contributed by atoms with Gasteiger partial charge < -0.3 is 5.11 Å². The number of nitrogens with zero attached hydrogens (tertiary/aromatic N) is 3. The van der Waals surface area contributed by atoms with Crippen LogP contribution in [-0.2, 0) is 4.79 Å². The average Bonchev–Trinajstić information content (AvgIpc) is 2.52. The van der Waals surface area contributed by atoms with Gasteiger partial charge in [-0.25, -0.2) is 4.79 Å². The van der Waals surface area contributed by atoms with Crippen molar-refractivity contribution in [3.05, 3.63) is 64.4 Å². The highest BCUT2D eigenvalue weighted by Crippen LogP contribution is 2.26. The first-order valence-corrected chi connectivity index (χ1v) is 6.80. The van der Waals surface area contributed by atoms with E-state index in [4.69, 9.17) is 28.3 Å². The Bertz CT molecular complexity index is 733. The molecule has 8 heteroatoms. The highest BCUT2D eigenvalue weighted by atomic mass is 35.5. The highest BCUT2D eigenvalue weighted by molar-refractivity contribution is 6.42. The molecule has 112 valence electrons. The molecular weight excluding hydrogens is 327 g/mol. The van der Waals surface area contributed by atoms with Crippen molar-refractivity contribution in [2.75, 3.05) is 5.43 Å². The number of carbonyl (C=O) groups is 1. The molecule has 0 bridgehead atoms. The molecule has 0 unspecified atom stereocenters. The topological polar surface area (TPSA) is 87.5 Å². The van der Waals surface area contributed by atoms with E-state index in [1.807, 2.05) is 18.2 Å². The lowest BCUT2D eigenvalue weighted by Gasteiger charge is -2.05. The van der Waals surface area contributed by atoms with Crippen molar-refractivity contribution >= 4 is 40.6 Å². The molecule has 0 aliphatic carbocycles. The number of carboxylic acid groups (broad SMARTS) is 1. The van der Waals surface area contributed by atoms with Gasteiger partial charge >= 0.3 is 5.97 Å². The number of halogens is 2. The first kappa shape index (κ1) is 15.9. The standard InChI is InChI=1S/C14H10Cl2N4O2/c15-13-11(8-17-20-14(13)16)19-18-10(6-7-12(21)22)9-4-2-1-3-5-9/h1-8H,(H,19,20)(H,21,22)/b7-6+,18-10-. The second-order valence-electron chi connectivity index (χ2n) is 4.01. The molecule has 0 aliphatic heterocycles. The number of rotatable bonds is 5. The summed E-state index contributed by atoms with van der Waals surface area (Å²) in [5.74, 6) is -1.07. The summed E-state index contributed by atoms with van der Waals surface area (Å²) in [5, 5.41) is 20.4. The van der Waals surface area contributed by atoms with Crippen LogP contribution in [0.5, 0.6) is 0 Å². The van der Waals surface area contributed by atoms with Gasteiger partial charge in [0.1, 0.15) is 5.02 Å². The molecule has 22 heavy (non-hydrogen) atoms. The Labute approximate surface area is 136 Å². The fraction of sp³-hybridized carbons (Fsp3) is 0. The minimum atomic E-state index is -1.07. The van der Waals surface area contributed by atoms with Gasteiger partial charge in [0.2, 0.25) is 0 Å². The van der Waals surface area contributed by atoms with Crippen LogP contribution >= 0.6 is 23.2 Å². The lowest BCUT2D eigenvalue weighted by molar-refractivity contribution is -0.131. The molecule has 2 aromatic rings. The van der Waals surface area contributed by atoms with E-state index in [1.54, 1.807) is 12.1 Å². The van der Waals surface area contributed by atoms with Gasteiger partial charge in [-0.1, -0.05) is 53.5 Å². The Morgan fingerprint density at radius 2 is 1.95 bits per heavy atom. The van der Waals surface area contributed by atoms with Crippen LogP contribution in [0.3, 0.4) is 0 Å². The normalized spacial score (nSPS) is 11.6. The zero-order valence-corrected chi connectivity index (χ0v) is 12.6. The Kier molecular flexibility index (Phi) is 5.46. The van der Waals surface area contributed by atoms with Gasteiger partial charge in [-0.15, -0.1) is 5.10 Å². The average molecular weight is 337 g/mol. The minimum absolute atomic E-state index is 0.0456. The maximum Gasteiger partial charge on any atom is 0.328 e. The van der Waals surface area contributed by atoms with Crippen molar-refractivity contribution in [3.63, 3.8) is 0 Å². The number of hydrogen-bond acceptors (Lipinski definition) is 5. The Hall–Kier alpha value is -2.44. The lowest BCUT2D eigenvalue weighted by Crippen LogP contribution is -2.03. The van der Waals surface area contributed by atoms with E-state index in [-0.39, 0.29) is 10.2 Å². The molecule has 2 rings (SSSR count). The number of hydrogen-bond donors (Lipinski definition) is 2. The third-order valence-electron chi connectivity index (χ3n) is 2.50. The van der Waals surface area contributed by atoms with Crippen molar-refractivity contribution in [2.45, 2.75) is 0 Å². The van der Waals surface area contributed by atoms with E-state index in [2.05, 4.69) is 20.7 Å². The summed E-state index contributed by atoms with van der Waals surface area (Å²) < 4.78 is 0. The monoisotopic (exact) mass is 336 g/mol. The van der Waals surface area contributed by atoms with Crippen molar-refractivity contribution in [2.24, 2.45) is 5.10 Å². The molecule has 0 fully saturated rings. The van der Waals surface area contributed by atoms with E-state index in [9.17, 15) is 4.79 Å². The van der Waals surface area contributed by atoms with Gasteiger partial charge in [-0.2, -0.15) is 10.2 Å². The summed E-state index contributed by atoms with van der Waals surface area (Å²) in [6, 6.07) is 9.08. The third kappa shape index (κ3) is 4.28. The molecule has 0 radical (unpaired) electrons. The second kappa shape index (κ2) is 7.53. The molecule has 0 aliphatic rings. The number of anilines is 1. The molecule has 2 N–H and O–H groups in total. The zero-order chi connectivity index (χ0) is 15.9. The van der Waals surface area contributed by atoms with Crippen LogP contribution in [0.15, 0.2) is 53.8 Å². The van der Waals surface area contributed by atoms with Gasteiger partial charge in [0, 0.05) is 11.6 Å². The summed E-state index contributed by atoms with van der Waals surface area (Å²) in [6.45, 7) is 0. The van der Waals surface area contributed by atoms with Gasteiger partial charge in [0.05, 0.1) is 17.6 Å². The third-order valence-corrected chi connectivity index (χ3v) is 3.24. The number of hydrazone groups is 1. The predicted octanol–water partition coefficient (Wildman–Crippen LogP) is 3.24. The van der Waals surface area contributed by atoms with Crippen LogP contribution in [0.25, 0.3) is 0 Å². The molecule has 1 aromatic heterocycles. The smallest absolute Gasteiger partial charge is 0.328 e. The van der Waals surface area contributed by atoms with E-state index in [0.717, 1.165) is 11.6 Å². The summed E-state index contributed by atoms with van der Waals surface area (Å²) in [5.41, 5.74) is 4.20. The highest BCUT2D eigenvalue weighted by Gasteiger charge is 2.06. The van der Waals surface area contributed by atoms with E-state index in [0.29, 0.717) is 11.4 Å². The molecule has 1 aromatic carbocycles. The molecule has 0 spiro atoms. The largest absolute Gasteiger partial charge is 0.478 e. The fourth-order valence-electron chi connectivity index (χ4n) is 1.50. The second-order valence-corrected chi connectivity index (χ2v) is 4.75. The molecule has 0 saturated carbocycles. The summed E-state index contributed by atoms with van der Waals surface area (Å²) in [4.78, 5) is 10.7. The van der Waals surface area contributed by atoms with E-state index < -0.39 is 5.97 Å². The molecule has 1 heterocycles. The molecule has 0 amide bonds. The van der Waals surface area contributed by atoms with Crippen molar-refractivity contribution in [3.8, 4) is 0 Å². The molecule has 6 nitrogen and oxygen atoms in total. The molecular formula is C14H10Cl2N4O2. The van der Waals surface area contributed by atoms with Gasteiger partial charge in [-0.3, -0.25) is 5.43 Å². The Morgan fingerprint density at radius 1 is 1.23 bits per heavy atom. The number of benzene rings is 1. The van der Waals surface area contributed by atoms with Crippen LogP contribution in [0.2, 0.25) is 10.2 Å². The molecule has 0 saturated heterocycles. The van der Waals surface area contributed by atoms with E-state index in [1.165, 1.54) is 12.3 Å². The van der Waals surface area contributed by atoms with Crippen LogP contribution in [0, 0.1) is 0 Å². The van der Waals surface area contributed by atoms with Crippen LogP contribution in [0.1, 0.15) is 5.56 Å².